The van der Waals surface area contributed by atoms with E-state index in [0.717, 1.165) is 32.0 Å². The van der Waals surface area contributed by atoms with Crippen LogP contribution in [0.1, 0.15) is 27.0 Å². The van der Waals surface area contributed by atoms with E-state index in [1.807, 2.05) is 42.5 Å². The van der Waals surface area contributed by atoms with Gasteiger partial charge in [0.05, 0.1) is 15.9 Å². The minimum Gasteiger partial charge on any atom is -0.348 e. The monoisotopic (exact) mass is 445 g/mol. The average Bonchev–Trinajstić information content (AvgIpc) is 3.30. The number of halogens is 1. The molecule has 4 nitrogen and oxygen atoms in total. The Kier molecular flexibility index (Phi) is 5.00. The molecule has 6 heteroatoms. The molecule has 0 aliphatic heterocycles. The summed E-state index contributed by atoms with van der Waals surface area (Å²) in [5.41, 5.74) is 7.28. The number of fused-ring (bicyclic) bond motifs is 3. The zero-order valence-corrected chi connectivity index (χ0v) is 18.7. The predicted octanol–water partition coefficient (Wildman–Crippen LogP) is 6.42. The van der Waals surface area contributed by atoms with Crippen LogP contribution in [0.15, 0.2) is 66.9 Å². The summed E-state index contributed by atoms with van der Waals surface area (Å²) in [6.45, 7) is 4.67. The van der Waals surface area contributed by atoms with E-state index in [0.29, 0.717) is 17.1 Å². The normalized spacial score (nSPS) is 11.3. The van der Waals surface area contributed by atoms with E-state index in [1.165, 1.54) is 11.1 Å². The number of amides is 1. The molecule has 0 atom stereocenters. The first-order valence-electron chi connectivity index (χ1n) is 10.00. The van der Waals surface area contributed by atoms with Crippen LogP contribution in [0.4, 0.5) is 0 Å². The first-order valence-corrected chi connectivity index (χ1v) is 11.2. The van der Waals surface area contributed by atoms with Gasteiger partial charge in [-0.05, 0) is 55.3 Å². The molecule has 5 aromatic rings. The standard InChI is InChI=1S/C25H20ClN3OS/c1-15-3-9-20(16(2)11-15)21-14-29-22-10-6-18(12-23(22)31-25(29)28-21)24(30)27-13-17-4-7-19(26)8-5-17/h3-12,14H,13H2,1-2H3,(H,27,30). The molecule has 0 saturated heterocycles. The third-order valence-corrected chi connectivity index (χ3v) is 6.65. The molecular weight excluding hydrogens is 426 g/mol. The number of aromatic nitrogens is 2. The van der Waals surface area contributed by atoms with Gasteiger partial charge < -0.3 is 5.32 Å². The van der Waals surface area contributed by atoms with E-state index in [4.69, 9.17) is 16.6 Å². The highest BCUT2D eigenvalue weighted by Gasteiger charge is 2.14. The zero-order chi connectivity index (χ0) is 21.5. The summed E-state index contributed by atoms with van der Waals surface area (Å²) in [6.07, 6.45) is 2.08. The second kappa shape index (κ2) is 7.84. The Bertz CT molecular complexity index is 1430. The highest BCUT2D eigenvalue weighted by atomic mass is 35.5. The molecule has 0 fully saturated rings. The van der Waals surface area contributed by atoms with Crippen LogP contribution in [0.3, 0.4) is 0 Å². The number of benzene rings is 3. The van der Waals surface area contributed by atoms with Crippen molar-refractivity contribution >= 4 is 44.0 Å². The quantitative estimate of drug-likeness (QED) is 0.347. The Balaban J connectivity index is 1.41. The van der Waals surface area contributed by atoms with Crippen molar-refractivity contribution in [3.8, 4) is 11.3 Å². The van der Waals surface area contributed by atoms with Crippen LogP contribution in [0, 0.1) is 13.8 Å². The van der Waals surface area contributed by atoms with E-state index < -0.39 is 0 Å². The fourth-order valence-corrected chi connectivity index (χ4v) is 4.93. The lowest BCUT2D eigenvalue weighted by atomic mass is 10.0. The molecule has 2 aromatic heterocycles. The van der Waals surface area contributed by atoms with Gasteiger partial charge in [-0.1, -0.05) is 58.8 Å². The lowest BCUT2D eigenvalue weighted by Crippen LogP contribution is -2.22. The van der Waals surface area contributed by atoms with Crippen LogP contribution in [0.2, 0.25) is 5.02 Å². The summed E-state index contributed by atoms with van der Waals surface area (Å²) >= 11 is 7.51. The molecule has 1 amide bonds. The number of carbonyl (C=O) groups excluding carboxylic acids is 1. The third kappa shape index (κ3) is 3.82. The number of thiazole rings is 1. The Morgan fingerprint density at radius 3 is 2.65 bits per heavy atom. The van der Waals surface area contributed by atoms with E-state index in [-0.39, 0.29) is 5.91 Å². The summed E-state index contributed by atoms with van der Waals surface area (Å²) in [7, 11) is 0. The number of rotatable bonds is 4. The Hall–Kier alpha value is -3.15. The number of nitrogens with one attached hydrogen (secondary N) is 1. The maximum atomic E-state index is 12.6. The van der Waals surface area contributed by atoms with E-state index in [9.17, 15) is 4.79 Å². The van der Waals surface area contributed by atoms with E-state index >= 15 is 0 Å². The summed E-state index contributed by atoms with van der Waals surface area (Å²) in [6, 6.07) is 19.7. The molecular formula is C25H20ClN3OS. The molecule has 0 aliphatic rings. The van der Waals surface area contributed by atoms with Gasteiger partial charge in [0.1, 0.15) is 0 Å². The SMILES string of the molecule is Cc1ccc(-c2cn3c(n2)sc2cc(C(=O)NCc4ccc(Cl)cc4)ccc23)c(C)c1. The van der Waals surface area contributed by atoms with Crippen molar-refractivity contribution in [2.75, 3.05) is 0 Å². The second-order valence-corrected chi connectivity index (χ2v) is 9.14. The Morgan fingerprint density at radius 2 is 1.87 bits per heavy atom. The van der Waals surface area contributed by atoms with Crippen molar-refractivity contribution in [3.63, 3.8) is 0 Å². The molecule has 2 heterocycles. The van der Waals surface area contributed by atoms with Crippen molar-refractivity contribution in [2.45, 2.75) is 20.4 Å². The van der Waals surface area contributed by atoms with Crippen LogP contribution in [0.5, 0.6) is 0 Å². The van der Waals surface area contributed by atoms with Crippen LogP contribution in [-0.4, -0.2) is 15.3 Å². The maximum Gasteiger partial charge on any atom is 0.251 e. The fourth-order valence-electron chi connectivity index (χ4n) is 3.76. The molecule has 31 heavy (non-hydrogen) atoms. The fraction of sp³-hybridized carbons (Fsp3) is 0.120. The highest BCUT2D eigenvalue weighted by molar-refractivity contribution is 7.23. The highest BCUT2D eigenvalue weighted by Crippen LogP contribution is 2.31. The first kappa shape index (κ1) is 19.8. The van der Waals surface area contributed by atoms with Gasteiger partial charge in [0.15, 0.2) is 4.96 Å². The van der Waals surface area contributed by atoms with Gasteiger partial charge in [0.25, 0.3) is 5.91 Å². The molecule has 0 unspecified atom stereocenters. The maximum absolute atomic E-state index is 12.6. The van der Waals surface area contributed by atoms with Crippen molar-refractivity contribution < 1.29 is 4.79 Å². The first-order chi connectivity index (χ1) is 15.0. The van der Waals surface area contributed by atoms with E-state index in [1.54, 1.807) is 11.3 Å². The summed E-state index contributed by atoms with van der Waals surface area (Å²) in [5, 5.41) is 3.65. The van der Waals surface area contributed by atoms with Crippen molar-refractivity contribution in [1.29, 1.82) is 0 Å². The van der Waals surface area contributed by atoms with E-state index in [2.05, 4.69) is 48.0 Å². The van der Waals surface area contributed by atoms with Gasteiger partial charge in [-0.25, -0.2) is 4.98 Å². The molecule has 1 N–H and O–H groups in total. The van der Waals surface area contributed by atoms with Crippen molar-refractivity contribution in [2.24, 2.45) is 0 Å². The van der Waals surface area contributed by atoms with Gasteiger partial charge in [0, 0.05) is 28.9 Å². The lowest BCUT2D eigenvalue weighted by Gasteiger charge is -2.06. The molecule has 5 rings (SSSR count). The van der Waals surface area contributed by atoms with Gasteiger partial charge >= 0.3 is 0 Å². The number of imidazole rings is 1. The molecule has 3 aromatic carbocycles. The molecule has 154 valence electrons. The average molecular weight is 446 g/mol. The minimum absolute atomic E-state index is 0.0983. The number of aryl methyl sites for hydroxylation is 2. The second-order valence-electron chi connectivity index (χ2n) is 7.69. The van der Waals surface area contributed by atoms with Gasteiger partial charge in [0.2, 0.25) is 0 Å². The largest absolute Gasteiger partial charge is 0.348 e. The zero-order valence-electron chi connectivity index (χ0n) is 17.1. The summed E-state index contributed by atoms with van der Waals surface area (Å²) in [5.74, 6) is -0.0983. The third-order valence-electron chi connectivity index (χ3n) is 5.38. The Labute approximate surface area is 189 Å². The molecule has 0 radical (unpaired) electrons. The van der Waals surface area contributed by atoms with Crippen LogP contribution in [0.25, 0.3) is 26.4 Å². The van der Waals surface area contributed by atoms with Crippen LogP contribution >= 0.6 is 22.9 Å². The smallest absolute Gasteiger partial charge is 0.251 e. The topological polar surface area (TPSA) is 46.4 Å². The Morgan fingerprint density at radius 1 is 1.06 bits per heavy atom. The van der Waals surface area contributed by atoms with Crippen molar-refractivity contribution in [1.82, 2.24) is 14.7 Å². The predicted molar refractivity (Wildman–Crippen MR) is 128 cm³/mol. The summed E-state index contributed by atoms with van der Waals surface area (Å²) < 4.78 is 3.14. The number of nitrogens with zero attached hydrogens (tertiary/aromatic N) is 2. The molecule has 0 spiro atoms. The molecule has 0 saturated carbocycles. The van der Waals surface area contributed by atoms with Gasteiger partial charge in [-0.15, -0.1) is 0 Å². The van der Waals surface area contributed by atoms with Crippen LogP contribution in [-0.2, 0) is 6.54 Å². The summed E-state index contributed by atoms with van der Waals surface area (Å²) in [4.78, 5) is 18.4. The van der Waals surface area contributed by atoms with Crippen LogP contribution < -0.4 is 5.32 Å². The molecule has 0 bridgehead atoms. The minimum atomic E-state index is -0.0983. The lowest BCUT2D eigenvalue weighted by molar-refractivity contribution is 0.0951. The van der Waals surface area contributed by atoms with Crippen molar-refractivity contribution in [3.05, 3.63) is 94.1 Å². The number of carbonyl (C=O) groups is 1. The number of hydrogen-bond donors (Lipinski definition) is 1. The molecule has 0 aliphatic carbocycles. The van der Waals surface area contributed by atoms with Gasteiger partial charge in [-0.3, -0.25) is 9.20 Å². The van der Waals surface area contributed by atoms with Gasteiger partial charge in [-0.2, -0.15) is 0 Å². The number of hydrogen-bond acceptors (Lipinski definition) is 3.